The highest BCUT2D eigenvalue weighted by Crippen LogP contribution is 2.36. The van der Waals surface area contributed by atoms with Crippen LogP contribution >= 0.6 is 22.7 Å². The van der Waals surface area contributed by atoms with Crippen LogP contribution in [-0.2, 0) is 11.2 Å². The van der Waals surface area contributed by atoms with Crippen molar-refractivity contribution >= 4 is 28.6 Å². The van der Waals surface area contributed by atoms with Crippen molar-refractivity contribution in [1.29, 1.82) is 0 Å². The number of rotatable bonds is 6. The zero-order valence-electron chi connectivity index (χ0n) is 17.1. The minimum atomic E-state index is 0.262. The lowest BCUT2D eigenvalue weighted by Gasteiger charge is -2.28. The van der Waals surface area contributed by atoms with E-state index < -0.39 is 0 Å². The number of thiazole rings is 1. The van der Waals surface area contributed by atoms with Crippen molar-refractivity contribution < 1.29 is 4.79 Å². The van der Waals surface area contributed by atoms with Gasteiger partial charge in [-0.05, 0) is 50.2 Å². The fraction of sp³-hybridized carbons (Fsp3) is 0.417. The zero-order chi connectivity index (χ0) is 20.3. The van der Waals surface area contributed by atoms with Crippen molar-refractivity contribution in [3.63, 3.8) is 0 Å². The molecule has 0 bridgehead atoms. The number of aromatic nitrogens is 1. The van der Waals surface area contributed by atoms with Gasteiger partial charge in [0.05, 0.1) is 17.0 Å². The van der Waals surface area contributed by atoms with Gasteiger partial charge in [0.15, 0.2) is 0 Å². The summed E-state index contributed by atoms with van der Waals surface area (Å²) in [4.78, 5) is 25.2. The molecule has 30 heavy (non-hydrogen) atoms. The maximum Gasteiger partial charge on any atom is 0.228 e. The summed E-state index contributed by atoms with van der Waals surface area (Å²) in [5, 5.41) is 3.08. The molecule has 4 heterocycles. The molecule has 3 aromatic rings. The van der Waals surface area contributed by atoms with E-state index in [0.29, 0.717) is 12.5 Å². The highest BCUT2D eigenvalue weighted by Gasteiger charge is 2.31. The van der Waals surface area contributed by atoms with Crippen LogP contribution in [-0.4, -0.2) is 52.9 Å². The van der Waals surface area contributed by atoms with Crippen LogP contribution in [0.25, 0.3) is 21.1 Å². The molecule has 0 N–H and O–H groups in total. The quantitative estimate of drug-likeness (QED) is 0.534. The van der Waals surface area contributed by atoms with E-state index in [9.17, 15) is 4.79 Å². The average Bonchev–Trinajstić information content (AvgIpc) is 3.56. The fourth-order valence-corrected chi connectivity index (χ4v) is 6.52. The van der Waals surface area contributed by atoms with Crippen molar-refractivity contribution in [2.45, 2.75) is 38.1 Å². The third-order valence-electron chi connectivity index (χ3n) is 6.15. The third kappa shape index (κ3) is 4.22. The van der Waals surface area contributed by atoms with Gasteiger partial charge in [0.2, 0.25) is 5.91 Å². The molecular weight excluding hydrogens is 410 g/mol. The van der Waals surface area contributed by atoms with Gasteiger partial charge in [-0.3, -0.25) is 4.79 Å². The summed E-state index contributed by atoms with van der Waals surface area (Å²) in [7, 11) is 0. The Kier molecular flexibility index (Phi) is 5.97. The molecule has 2 aliphatic rings. The number of nitrogens with zero attached hydrogens (tertiary/aromatic N) is 3. The molecule has 5 rings (SSSR count). The van der Waals surface area contributed by atoms with Gasteiger partial charge in [-0.25, -0.2) is 4.98 Å². The topological polar surface area (TPSA) is 36.4 Å². The molecule has 6 heteroatoms. The number of carbonyl (C=O) groups excluding carboxylic acids is 1. The van der Waals surface area contributed by atoms with E-state index in [1.165, 1.54) is 25.9 Å². The molecule has 4 nitrogen and oxygen atoms in total. The standard InChI is InChI=1S/C24H27N3OS2/c28-22(27-14-6-10-19(27)17-26-12-4-5-13-26)16-21-23(20-11-7-15-29-20)25-24(30-21)18-8-2-1-3-9-18/h1-3,7-9,11,15,19H,4-6,10,12-14,16-17H2. The Hall–Kier alpha value is -2.02. The number of likely N-dealkylation sites (tertiary alicyclic amines) is 2. The maximum absolute atomic E-state index is 13.4. The molecule has 0 aliphatic carbocycles. The molecule has 0 radical (unpaired) electrons. The van der Waals surface area contributed by atoms with E-state index in [1.54, 1.807) is 22.7 Å². The minimum Gasteiger partial charge on any atom is -0.338 e. The average molecular weight is 438 g/mol. The molecular formula is C24H27N3OS2. The summed E-state index contributed by atoms with van der Waals surface area (Å²) in [5.41, 5.74) is 2.10. The first-order valence-electron chi connectivity index (χ1n) is 10.9. The second kappa shape index (κ2) is 9.00. The summed E-state index contributed by atoms with van der Waals surface area (Å²) in [6.45, 7) is 4.32. The van der Waals surface area contributed by atoms with Gasteiger partial charge in [0.25, 0.3) is 0 Å². The lowest BCUT2D eigenvalue weighted by atomic mass is 10.2. The summed E-state index contributed by atoms with van der Waals surface area (Å²) >= 11 is 3.36. The maximum atomic E-state index is 13.4. The normalized spacial score (nSPS) is 19.6. The van der Waals surface area contributed by atoms with Crippen LogP contribution in [0.15, 0.2) is 47.8 Å². The van der Waals surface area contributed by atoms with Gasteiger partial charge in [-0.2, -0.15) is 0 Å². The van der Waals surface area contributed by atoms with Crippen LogP contribution in [0.5, 0.6) is 0 Å². The summed E-state index contributed by atoms with van der Waals surface area (Å²) in [5.74, 6) is 0.262. The Labute approximate surface area is 186 Å². The summed E-state index contributed by atoms with van der Waals surface area (Å²) in [6, 6.07) is 14.8. The predicted octanol–water partition coefficient (Wildman–Crippen LogP) is 5.17. The van der Waals surface area contributed by atoms with E-state index in [4.69, 9.17) is 4.98 Å². The molecule has 1 atom stereocenters. The molecule has 2 aromatic heterocycles. The van der Waals surface area contributed by atoms with Crippen molar-refractivity contribution in [1.82, 2.24) is 14.8 Å². The number of thiophene rings is 1. The molecule has 0 saturated carbocycles. The Morgan fingerprint density at radius 1 is 1.03 bits per heavy atom. The molecule has 2 fully saturated rings. The summed E-state index contributed by atoms with van der Waals surface area (Å²) in [6.07, 6.45) is 5.31. The Bertz CT molecular complexity index is 977. The zero-order valence-corrected chi connectivity index (χ0v) is 18.8. The van der Waals surface area contributed by atoms with E-state index in [2.05, 4.69) is 39.4 Å². The van der Waals surface area contributed by atoms with E-state index >= 15 is 0 Å². The van der Waals surface area contributed by atoms with Crippen LogP contribution in [0.3, 0.4) is 0 Å². The van der Waals surface area contributed by atoms with Crippen molar-refractivity contribution in [3.8, 4) is 21.1 Å². The van der Waals surface area contributed by atoms with Crippen LogP contribution in [0.2, 0.25) is 0 Å². The van der Waals surface area contributed by atoms with Crippen LogP contribution in [0.4, 0.5) is 0 Å². The van der Waals surface area contributed by atoms with Gasteiger partial charge in [0.1, 0.15) is 5.01 Å². The number of benzene rings is 1. The second-order valence-corrected chi connectivity index (χ2v) is 10.2. The Morgan fingerprint density at radius 3 is 2.63 bits per heavy atom. The van der Waals surface area contributed by atoms with Crippen LogP contribution < -0.4 is 0 Å². The Balaban J connectivity index is 1.38. The van der Waals surface area contributed by atoms with Gasteiger partial charge in [-0.1, -0.05) is 36.4 Å². The highest BCUT2D eigenvalue weighted by atomic mass is 32.1. The molecule has 2 aliphatic heterocycles. The SMILES string of the molecule is O=C(Cc1sc(-c2ccccc2)nc1-c1cccs1)N1CCCC1CN1CCCC1. The monoisotopic (exact) mass is 437 g/mol. The predicted molar refractivity (Wildman–Crippen MR) is 125 cm³/mol. The Morgan fingerprint density at radius 2 is 1.87 bits per heavy atom. The van der Waals surface area contributed by atoms with Crippen molar-refractivity contribution in [3.05, 3.63) is 52.7 Å². The fourth-order valence-electron chi connectivity index (χ4n) is 4.64. The minimum absolute atomic E-state index is 0.262. The highest BCUT2D eigenvalue weighted by molar-refractivity contribution is 7.17. The molecule has 1 amide bonds. The molecule has 0 spiro atoms. The van der Waals surface area contributed by atoms with Gasteiger partial charge in [-0.15, -0.1) is 22.7 Å². The van der Waals surface area contributed by atoms with E-state index in [0.717, 1.165) is 52.0 Å². The van der Waals surface area contributed by atoms with Gasteiger partial charge >= 0.3 is 0 Å². The number of hydrogen-bond donors (Lipinski definition) is 0. The second-order valence-electron chi connectivity index (χ2n) is 8.20. The van der Waals surface area contributed by atoms with Gasteiger partial charge < -0.3 is 9.80 Å². The first-order valence-corrected chi connectivity index (χ1v) is 12.6. The van der Waals surface area contributed by atoms with Crippen molar-refractivity contribution in [2.75, 3.05) is 26.2 Å². The largest absolute Gasteiger partial charge is 0.338 e. The van der Waals surface area contributed by atoms with Crippen LogP contribution in [0.1, 0.15) is 30.6 Å². The number of amides is 1. The van der Waals surface area contributed by atoms with Crippen LogP contribution in [0, 0.1) is 0 Å². The van der Waals surface area contributed by atoms with Gasteiger partial charge in [0, 0.05) is 29.6 Å². The van der Waals surface area contributed by atoms with E-state index in [1.807, 2.05) is 18.2 Å². The lowest BCUT2D eigenvalue weighted by Crippen LogP contribution is -2.43. The number of carbonyl (C=O) groups is 1. The lowest BCUT2D eigenvalue weighted by molar-refractivity contribution is -0.131. The first kappa shape index (κ1) is 19.9. The smallest absolute Gasteiger partial charge is 0.228 e. The molecule has 2 saturated heterocycles. The third-order valence-corrected chi connectivity index (χ3v) is 8.13. The first-order chi connectivity index (χ1) is 14.8. The molecule has 1 aromatic carbocycles. The molecule has 156 valence electrons. The summed E-state index contributed by atoms with van der Waals surface area (Å²) < 4.78 is 0. The molecule has 1 unspecified atom stereocenters. The number of hydrogen-bond acceptors (Lipinski definition) is 5. The van der Waals surface area contributed by atoms with Crippen molar-refractivity contribution in [2.24, 2.45) is 0 Å². The van der Waals surface area contributed by atoms with E-state index in [-0.39, 0.29) is 5.91 Å².